The Morgan fingerprint density at radius 3 is 2.65 bits per heavy atom. The molecule has 1 saturated heterocycles. The molecule has 2 rings (SSSR count). The number of hydrogen-bond acceptors (Lipinski definition) is 4. The van der Waals surface area contributed by atoms with Crippen LogP contribution in [0.4, 0.5) is 5.69 Å². The largest absolute Gasteiger partial charge is 0.399 e. The molecule has 110 valence electrons. The van der Waals surface area contributed by atoms with Gasteiger partial charge in [-0.15, -0.1) is 0 Å². The van der Waals surface area contributed by atoms with E-state index in [0.717, 1.165) is 25.2 Å². The summed E-state index contributed by atoms with van der Waals surface area (Å²) in [5.41, 5.74) is 7.58. The lowest BCUT2D eigenvalue weighted by atomic mass is 10.1. The fraction of sp³-hybridized carbons (Fsp3) is 0.533. The zero-order chi connectivity index (χ0) is 14.4. The van der Waals surface area contributed by atoms with Crippen molar-refractivity contribution >= 4 is 11.6 Å². The first kappa shape index (κ1) is 14.8. The first-order valence-corrected chi connectivity index (χ1v) is 7.11. The molecule has 5 nitrogen and oxygen atoms in total. The number of nitrogens with zero attached hydrogens (tertiary/aromatic N) is 1. The Balaban J connectivity index is 1.72. The lowest BCUT2D eigenvalue weighted by Gasteiger charge is -2.31. The van der Waals surface area contributed by atoms with Gasteiger partial charge in [-0.25, -0.2) is 0 Å². The molecule has 0 spiro atoms. The van der Waals surface area contributed by atoms with E-state index in [-0.39, 0.29) is 11.9 Å². The van der Waals surface area contributed by atoms with E-state index in [0.29, 0.717) is 19.8 Å². The van der Waals surface area contributed by atoms with Crippen molar-refractivity contribution < 1.29 is 9.53 Å². The van der Waals surface area contributed by atoms with Crippen LogP contribution in [0.25, 0.3) is 0 Å². The molecule has 0 saturated carbocycles. The zero-order valence-electron chi connectivity index (χ0n) is 12.0. The maximum Gasteiger partial charge on any atom is 0.237 e. The number of rotatable bonds is 5. The maximum atomic E-state index is 12.1. The van der Waals surface area contributed by atoms with Crippen molar-refractivity contribution in [1.82, 2.24) is 10.2 Å². The SMILES string of the molecule is CC(C(=O)NCCc1ccc(N)cc1)N1CCOCC1. The topological polar surface area (TPSA) is 67.6 Å². The molecule has 3 N–H and O–H groups in total. The van der Waals surface area contributed by atoms with Gasteiger partial charge in [0.25, 0.3) is 0 Å². The number of carbonyl (C=O) groups excluding carboxylic acids is 1. The molecular weight excluding hydrogens is 254 g/mol. The van der Waals surface area contributed by atoms with E-state index in [4.69, 9.17) is 10.5 Å². The Morgan fingerprint density at radius 2 is 2.00 bits per heavy atom. The van der Waals surface area contributed by atoms with Gasteiger partial charge in [0.2, 0.25) is 5.91 Å². The van der Waals surface area contributed by atoms with Crippen molar-refractivity contribution in [2.75, 3.05) is 38.6 Å². The van der Waals surface area contributed by atoms with Gasteiger partial charge in [-0.1, -0.05) is 12.1 Å². The first-order chi connectivity index (χ1) is 9.66. The predicted molar refractivity (Wildman–Crippen MR) is 79.4 cm³/mol. The van der Waals surface area contributed by atoms with Crippen LogP contribution in [0.3, 0.4) is 0 Å². The number of hydrogen-bond donors (Lipinski definition) is 2. The number of carbonyl (C=O) groups is 1. The summed E-state index contributed by atoms with van der Waals surface area (Å²) >= 11 is 0. The van der Waals surface area contributed by atoms with Crippen LogP contribution in [-0.2, 0) is 16.0 Å². The average molecular weight is 277 g/mol. The fourth-order valence-electron chi connectivity index (χ4n) is 2.29. The zero-order valence-corrected chi connectivity index (χ0v) is 12.0. The first-order valence-electron chi connectivity index (χ1n) is 7.11. The highest BCUT2D eigenvalue weighted by molar-refractivity contribution is 5.81. The quantitative estimate of drug-likeness (QED) is 0.775. The summed E-state index contributed by atoms with van der Waals surface area (Å²) in [5.74, 6) is 0.0855. The molecule has 5 heteroatoms. The smallest absolute Gasteiger partial charge is 0.237 e. The van der Waals surface area contributed by atoms with Gasteiger partial charge in [-0.3, -0.25) is 9.69 Å². The van der Waals surface area contributed by atoms with Crippen LogP contribution < -0.4 is 11.1 Å². The van der Waals surface area contributed by atoms with Gasteiger partial charge < -0.3 is 15.8 Å². The van der Waals surface area contributed by atoms with Gasteiger partial charge in [0, 0.05) is 25.3 Å². The number of amides is 1. The van der Waals surface area contributed by atoms with Gasteiger partial charge in [0.1, 0.15) is 0 Å². The van der Waals surface area contributed by atoms with Gasteiger partial charge in [0.15, 0.2) is 0 Å². The molecule has 20 heavy (non-hydrogen) atoms. The van der Waals surface area contributed by atoms with E-state index in [2.05, 4.69) is 10.2 Å². The lowest BCUT2D eigenvalue weighted by molar-refractivity contribution is -0.127. The summed E-state index contributed by atoms with van der Waals surface area (Å²) in [6, 6.07) is 7.66. The molecule has 0 bridgehead atoms. The summed E-state index contributed by atoms with van der Waals surface area (Å²) in [6.45, 7) is 5.67. The molecule has 1 fully saturated rings. The maximum absolute atomic E-state index is 12.1. The second-order valence-corrected chi connectivity index (χ2v) is 5.11. The van der Waals surface area contributed by atoms with E-state index in [1.54, 1.807) is 0 Å². The minimum atomic E-state index is -0.0923. The summed E-state index contributed by atoms with van der Waals surface area (Å²) in [7, 11) is 0. The fourth-order valence-corrected chi connectivity index (χ4v) is 2.29. The number of benzene rings is 1. The number of nitrogens with one attached hydrogen (secondary N) is 1. The number of nitrogens with two attached hydrogens (primary N) is 1. The summed E-state index contributed by atoms with van der Waals surface area (Å²) in [4.78, 5) is 14.2. The minimum absolute atomic E-state index is 0.0855. The number of morpholine rings is 1. The Morgan fingerprint density at radius 1 is 1.35 bits per heavy atom. The second-order valence-electron chi connectivity index (χ2n) is 5.11. The standard InChI is InChI=1S/C15H23N3O2/c1-12(18-8-10-20-11-9-18)15(19)17-7-6-13-2-4-14(16)5-3-13/h2-5,12H,6-11,16H2,1H3,(H,17,19). The molecule has 1 atom stereocenters. The van der Waals surface area contributed by atoms with Crippen LogP contribution >= 0.6 is 0 Å². The summed E-state index contributed by atoms with van der Waals surface area (Å²) < 4.78 is 5.29. The van der Waals surface area contributed by atoms with Crippen molar-refractivity contribution in [2.45, 2.75) is 19.4 Å². The molecule has 1 amide bonds. The molecule has 1 heterocycles. The van der Waals surface area contributed by atoms with Gasteiger partial charge >= 0.3 is 0 Å². The van der Waals surface area contributed by atoms with E-state index >= 15 is 0 Å². The van der Waals surface area contributed by atoms with E-state index in [1.807, 2.05) is 31.2 Å². The Labute approximate surface area is 120 Å². The Hall–Kier alpha value is -1.59. The number of anilines is 1. The predicted octanol–water partition coefficient (Wildman–Crippen LogP) is 0.648. The minimum Gasteiger partial charge on any atom is -0.399 e. The molecular formula is C15H23N3O2. The molecule has 1 unspecified atom stereocenters. The second kappa shape index (κ2) is 7.26. The van der Waals surface area contributed by atoms with Crippen LogP contribution in [0.15, 0.2) is 24.3 Å². The normalized spacial score (nSPS) is 17.6. The third-order valence-corrected chi connectivity index (χ3v) is 3.67. The molecule has 1 aliphatic rings. The van der Waals surface area contributed by atoms with E-state index < -0.39 is 0 Å². The van der Waals surface area contributed by atoms with Crippen molar-refractivity contribution in [2.24, 2.45) is 0 Å². The van der Waals surface area contributed by atoms with Crippen LogP contribution in [0.2, 0.25) is 0 Å². The van der Waals surface area contributed by atoms with Crippen molar-refractivity contribution in [3.63, 3.8) is 0 Å². The Bertz CT molecular complexity index is 427. The lowest BCUT2D eigenvalue weighted by Crippen LogP contribution is -2.49. The number of nitrogen functional groups attached to an aromatic ring is 1. The van der Waals surface area contributed by atoms with Crippen molar-refractivity contribution in [3.8, 4) is 0 Å². The van der Waals surface area contributed by atoms with Crippen LogP contribution in [0.1, 0.15) is 12.5 Å². The highest BCUT2D eigenvalue weighted by Crippen LogP contribution is 2.06. The molecule has 0 aromatic heterocycles. The molecule has 1 aliphatic heterocycles. The molecule has 0 aliphatic carbocycles. The monoisotopic (exact) mass is 277 g/mol. The third-order valence-electron chi connectivity index (χ3n) is 3.67. The van der Waals surface area contributed by atoms with Crippen LogP contribution in [-0.4, -0.2) is 49.7 Å². The highest BCUT2D eigenvalue weighted by Gasteiger charge is 2.22. The van der Waals surface area contributed by atoms with Gasteiger partial charge in [-0.05, 0) is 31.0 Å². The summed E-state index contributed by atoms with van der Waals surface area (Å²) in [6.07, 6.45) is 0.821. The van der Waals surface area contributed by atoms with Crippen LogP contribution in [0.5, 0.6) is 0 Å². The van der Waals surface area contributed by atoms with Crippen molar-refractivity contribution in [1.29, 1.82) is 0 Å². The third kappa shape index (κ3) is 4.21. The average Bonchev–Trinajstić information content (AvgIpc) is 2.49. The van der Waals surface area contributed by atoms with Crippen molar-refractivity contribution in [3.05, 3.63) is 29.8 Å². The van der Waals surface area contributed by atoms with E-state index in [1.165, 1.54) is 5.56 Å². The van der Waals surface area contributed by atoms with E-state index in [9.17, 15) is 4.79 Å². The molecule has 1 aromatic carbocycles. The van der Waals surface area contributed by atoms with Crippen LogP contribution in [0, 0.1) is 0 Å². The van der Waals surface area contributed by atoms with Gasteiger partial charge in [-0.2, -0.15) is 0 Å². The number of ether oxygens (including phenoxy) is 1. The molecule has 1 aromatic rings. The molecule has 0 radical (unpaired) electrons. The highest BCUT2D eigenvalue weighted by atomic mass is 16.5. The van der Waals surface area contributed by atoms with Gasteiger partial charge in [0.05, 0.1) is 19.3 Å². The summed E-state index contributed by atoms with van der Waals surface area (Å²) in [5, 5.41) is 2.99. The Kier molecular flexibility index (Phi) is 5.38.